The predicted octanol–water partition coefficient (Wildman–Crippen LogP) is 2.44. The number of nitrogens with zero attached hydrogens (tertiary/aromatic N) is 4. The van der Waals surface area contributed by atoms with Crippen LogP contribution in [0.4, 0.5) is 13.2 Å². The maximum atomic E-state index is 12.3. The van der Waals surface area contributed by atoms with Gasteiger partial charge in [0.2, 0.25) is 0 Å². The zero-order chi connectivity index (χ0) is 11.8. The van der Waals surface area contributed by atoms with Gasteiger partial charge in [0.25, 0.3) is 0 Å². The molecule has 2 rings (SSSR count). The van der Waals surface area contributed by atoms with E-state index in [1.54, 1.807) is 0 Å². The van der Waals surface area contributed by atoms with Gasteiger partial charge in [0, 0.05) is 12.4 Å². The Morgan fingerprint density at radius 1 is 1.25 bits per heavy atom. The van der Waals surface area contributed by atoms with E-state index in [-0.39, 0.29) is 5.82 Å². The molecule has 2 aromatic rings. The molecule has 0 amide bonds. The van der Waals surface area contributed by atoms with Crippen LogP contribution in [0.25, 0.3) is 5.82 Å². The van der Waals surface area contributed by atoms with Crippen molar-refractivity contribution >= 4 is 15.9 Å². The maximum Gasteiger partial charge on any atom is 0.419 e. The van der Waals surface area contributed by atoms with Crippen molar-refractivity contribution in [2.45, 2.75) is 6.18 Å². The van der Waals surface area contributed by atoms with Crippen LogP contribution in [0.15, 0.2) is 29.4 Å². The van der Waals surface area contributed by atoms with E-state index in [2.05, 4.69) is 31.0 Å². The molecular weight excluding hydrogens is 289 g/mol. The molecule has 0 saturated carbocycles. The minimum absolute atomic E-state index is 0.255. The third-order valence-electron chi connectivity index (χ3n) is 1.78. The standard InChI is InChI=1S/C8H4BrF3N4/c9-6-2-13-4-14-7(6)16-3-5(1-15-16)8(10,11)12/h1-4H. The highest BCUT2D eigenvalue weighted by molar-refractivity contribution is 9.10. The summed E-state index contributed by atoms with van der Waals surface area (Å²) >= 11 is 3.13. The monoisotopic (exact) mass is 292 g/mol. The molecule has 0 aliphatic rings. The normalized spacial score (nSPS) is 11.8. The van der Waals surface area contributed by atoms with Gasteiger partial charge >= 0.3 is 6.18 Å². The average Bonchev–Trinajstić information content (AvgIpc) is 2.66. The lowest BCUT2D eigenvalue weighted by Crippen LogP contribution is -2.03. The van der Waals surface area contributed by atoms with E-state index in [1.807, 2.05) is 0 Å². The van der Waals surface area contributed by atoms with E-state index < -0.39 is 11.7 Å². The Hall–Kier alpha value is -1.44. The molecule has 8 heteroatoms. The van der Waals surface area contributed by atoms with Crippen molar-refractivity contribution < 1.29 is 13.2 Å². The summed E-state index contributed by atoms with van der Waals surface area (Å²) in [5.74, 6) is 0.255. The van der Waals surface area contributed by atoms with E-state index in [4.69, 9.17) is 0 Å². The highest BCUT2D eigenvalue weighted by atomic mass is 79.9. The van der Waals surface area contributed by atoms with Gasteiger partial charge in [-0.15, -0.1) is 0 Å². The number of rotatable bonds is 1. The summed E-state index contributed by atoms with van der Waals surface area (Å²) in [6, 6.07) is 0. The van der Waals surface area contributed by atoms with E-state index in [1.165, 1.54) is 12.5 Å². The molecule has 0 saturated heterocycles. The van der Waals surface area contributed by atoms with Crippen LogP contribution in [0.1, 0.15) is 5.56 Å². The minimum Gasteiger partial charge on any atom is -0.243 e. The van der Waals surface area contributed by atoms with Crippen molar-refractivity contribution in [3.63, 3.8) is 0 Å². The van der Waals surface area contributed by atoms with Gasteiger partial charge in [0.15, 0.2) is 5.82 Å². The van der Waals surface area contributed by atoms with Crippen LogP contribution in [-0.2, 0) is 6.18 Å². The highest BCUT2D eigenvalue weighted by Crippen LogP contribution is 2.29. The SMILES string of the molecule is FC(F)(F)c1cnn(-c2ncncc2Br)c1. The molecule has 0 bridgehead atoms. The molecule has 0 spiro atoms. The molecule has 0 atom stereocenters. The van der Waals surface area contributed by atoms with Crippen molar-refractivity contribution in [1.82, 2.24) is 19.7 Å². The maximum absolute atomic E-state index is 12.3. The Balaban J connectivity index is 2.44. The first kappa shape index (κ1) is 11.1. The largest absolute Gasteiger partial charge is 0.419 e. The van der Waals surface area contributed by atoms with Gasteiger partial charge in [0.1, 0.15) is 6.33 Å². The van der Waals surface area contributed by atoms with E-state index in [0.717, 1.165) is 17.1 Å². The molecule has 4 nitrogen and oxygen atoms in total. The topological polar surface area (TPSA) is 43.6 Å². The summed E-state index contributed by atoms with van der Waals surface area (Å²) in [6.07, 6.45) is -0.133. The Labute approximate surface area is 96.3 Å². The lowest BCUT2D eigenvalue weighted by molar-refractivity contribution is -0.137. The zero-order valence-corrected chi connectivity index (χ0v) is 9.20. The average molecular weight is 293 g/mol. The quantitative estimate of drug-likeness (QED) is 0.811. The first-order valence-electron chi connectivity index (χ1n) is 4.06. The molecule has 0 aliphatic heterocycles. The van der Waals surface area contributed by atoms with Crippen LogP contribution in [0.2, 0.25) is 0 Å². The van der Waals surface area contributed by atoms with Gasteiger partial charge in [-0.1, -0.05) is 0 Å². The third kappa shape index (κ3) is 2.06. The molecule has 0 radical (unpaired) electrons. The minimum atomic E-state index is -4.41. The molecule has 16 heavy (non-hydrogen) atoms. The molecule has 0 fully saturated rings. The van der Waals surface area contributed by atoms with Gasteiger partial charge in [-0.25, -0.2) is 14.6 Å². The molecule has 2 aromatic heterocycles. The van der Waals surface area contributed by atoms with Crippen LogP contribution in [0.5, 0.6) is 0 Å². The molecular formula is C8H4BrF3N4. The lowest BCUT2D eigenvalue weighted by atomic mass is 10.4. The Kier molecular flexibility index (Phi) is 2.66. The molecule has 84 valence electrons. The number of alkyl halides is 3. The Morgan fingerprint density at radius 2 is 2.00 bits per heavy atom. The van der Waals surface area contributed by atoms with Gasteiger partial charge in [-0.3, -0.25) is 0 Å². The highest BCUT2D eigenvalue weighted by Gasteiger charge is 2.32. The fourth-order valence-electron chi connectivity index (χ4n) is 1.06. The molecule has 0 N–H and O–H groups in total. The molecule has 0 aromatic carbocycles. The van der Waals surface area contributed by atoms with Gasteiger partial charge < -0.3 is 0 Å². The number of hydrogen-bond acceptors (Lipinski definition) is 3. The van der Waals surface area contributed by atoms with Crippen molar-refractivity contribution in [3.05, 3.63) is 35.0 Å². The zero-order valence-electron chi connectivity index (χ0n) is 7.61. The van der Waals surface area contributed by atoms with E-state index in [9.17, 15) is 13.2 Å². The molecule has 0 unspecified atom stereocenters. The van der Waals surface area contributed by atoms with E-state index >= 15 is 0 Å². The van der Waals surface area contributed by atoms with E-state index in [0.29, 0.717) is 4.47 Å². The number of aromatic nitrogens is 4. The van der Waals surface area contributed by atoms with Gasteiger partial charge in [0.05, 0.1) is 16.2 Å². The van der Waals surface area contributed by atoms with Gasteiger partial charge in [-0.2, -0.15) is 18.3 Å². The summed E-state index contributed by atoms with van der Waals surface area (Å²) in [5, 5.41) is 3.59. The second-order valence-corrected chi connectivity index (χ2v) is 3.72. The Bertz CT molecular complexity index is 508. The molecule has 0 aliphatic carbocycles. The summed E-state index contributed by atoms with van der Waals surface area (Å²) < 4.78 is 38.5. The third-order valence-corrected chi connectivity index (χ3v) is 2.33. The van der Waals surface area contributed by atoms with Crippen LogP contribution in [0.3, 0.4) is 0 Å². The fraction of sp³-hybridized carbons (Fsp3) is 0.125. The van der Waals surface area contributed by atoms with Crippen molar-refractivity contribution in [2.75, 3.05) is 0 Å². The van der Waals surface area contributed by atoms with Crippen LogP contribution in [-0.4, -0.2) is 19.7 Å². The number of halogens is 4. The van der Waals surface area contributed by atoms with Crippen molar-refractivity contribution in [2.24, 2.45) is 0 Å². The van der Waals surface area contributed by atoms with Crippen molar-refractivity contribution in [1.29, 1.82) is 0 Å². The summed E-state index contributed by atoms with van der Waals surface area (Å²) in [4.78, 5) is 7.52. The lowest BCUT2D eigenvalue weighted by Gasteiger charge is -2.02. The summed E-state index contributed by atoms with van der Waals surface area (Å²) in [7, 11) is 0. The summed E-state index contributed by atoms with van der Waals surface area (Å²) in [6.45, 7) is 0. The second-order valence-electron chi connectivity index (χ2n) is 2.87. The number of hydrogen-bond donors (Lipinski definition) is 0. The van der Waals surface area contributed by atoms with Crippen LogP contribution in [0, 0.1) is 0 Å². The Morgan fingerprint density at radius 3 is 2.56 bits per heavy atom. The summed E-state index contributed by atoms with van der Waals surface area (Å²) in [5.41, 5.74) is -0.821. The first-order valence-corrected chi connectivity index (χ1v) is 4.85. The van der Waals surface area contributed by atoms with Crippen LogP contribution < -0.4 is 0 Å². The first-order chi connectivity index (χ1) is 7.48. The smallest absolute Gasteiger partial charge is 0.243 e. The van der Waals surface area contributed by atoms with Gasteiger partial charge in [-0.05, 0) is 15.9 Å². The second kappa shape index (κ2) is 3.85. The fourth-order valence-corrected chi connectivity index (χ4v) is 1.46. The van der Waals surface area contributed by atoms with Crippen molar-refractivity contribution in [3.8, 4) is 5.82 Å². The molecule has 2 heterocycles. The predicted molar refractivity (Wildman–Crippen MR) is 51.9 cm³/mol. The van der Waals surface area contributed by atoms with Crippen LogP contribution >= 0.6 is 15.9 Å².